The number of β-amino-alcohol motifs (C(OH)–C–C–N with tert-alkyl or cyclic N) is 1. The van der Waals surface area contributed by atoms with Crippen molar-refractivity contribution in [2.24, 2.45) is 0 Å². The molecular weight excluding hydrogens is 234 g/mol. The van der Waals surface area contributed by atoms with Crippen LogP contribution in [-0.4, -0.2) is 29.6 Å². The van der Waals surface area contributed by atoms with E-state index >= 15 is 0 Å². The van der Waals surface area contributed by atoms with Gasteiger partial charge >= 0.3 is 0 Å². The molecule has 1 atom stereocenters. The largest absolute Gasteiger partial charge is 0.387 e. The minimum atomic E-state index is -0.399. The molecule has 1 aliphatic heterocycles. The number of aliphatic hydroxyl groups excluding tert-OH is 1. The van der Waals surface area contributed by atoms with E-state index in [2.05, 4.69) is 4.90 Å². The van der Waals surface area contributed by atoms with Crippen LogP contribution in [0.5, 0.6) is 0 Å². The van der Waals surface area contributed by atoms with Crippen molar-refractivity contribution in [1.29, 1.82) is 0 Å². The van der Waals surface area contributed by atoms with E-state index in [4.69, 9.17) is 11.6 Å². The highest BCUT2D eigenvalue weighted by Gasteiger charge is 2.16. The minimum Gasteiger partial charge on any atom is -0.387 e. The smallest absolute Gasteiger partial charge is 0.0917 e. The topological polar surface area (TPSA) is 23.5 Å². The van der Waals surface area contributed by atoms with Crippen LogP contribution >= 0.6 is 11.6 Å². The van der Waals surface area contributed by atoms with E-state index in [-0.39, 0.29) is 0 Å². The highest BCUT2D eigenvalue weighted by molar-refractivity contribution is 6.31. The van der Waals surface area contributed by atoms with Crippen molar-refractivity contribution in [3.8, 4) is 0 Å². The average Bonchev–Trinajstić information content (AvgIpc) is 2.34. The quantitative estimate of drug-likeness (QED) is 0.895. The molecule has 0 amide bonds. The van der Waals surface area contributed by atoms with Crippen molar-refractivity contribution in [2.75, 3.05) is 19.6 Å². The third-order valence-electron chi connectivity index (χ3n) is 3.45. The van der Waals surface area contributed by atoms with Crippen LogP contribution in [0.1, 0.15) is 36.5 Å². The Hall–Kier alpha value is -0.570. The van der Waals surface area contributed by atoms with Gasteiger partial charge in [0.1, 0.15) is 0 Å². The molecule has 3 heteroatoms. The first-order valence-electron chi connectivity index (χ1n) is 6.33. The summed E-state index contributed by atoms with van der Waals surface area (Å²) in [4.78, 5) is 2.35. The SMILES string of the molecule is Cc1cc(C(O)CN2CCCCC2)ccc1Cl. The molecule has 1 saturated heterocycles. The molecule has 1 fully saturated rings. The van der Waals surface area contributed by atoms with Gasteiger partial charge in [0.25, 0.3) is 0 Å². The number of nitrogens with zero attached hydrogens (tertiary/aromatic N) is 1. The molecular formula is C14H20ClNO. The van der Waals surface area contributed by atoms with E-state index in [1.54, 1.807) is 0 Å². The van der Waals surface area contributed by atoms with Gasteiger partial charge in [0, 0.05) is 11.6 Å². The Kier molecular flexibility index (Phi) is 4.43. The van der Waals surface area contributed by atoms with Crippen LogP contribution in [0.15, 0.2) is 18.2 Å². The Balaban J connectivity index is 1.98. The molecule has 17 heavy (non-hydrogen) atoms. The Labute approximate surface area is 108 Å². The van der Waals surface area contributed by atoms with Crippen LogP contribution in [0.4, 0.5) is 0 Å². The lowest BCUT2D eigenvalue weighted by Gasteiger charge is -2.28. The summed E-state index contributed by atoms with van der Waals surface area (Å²) in [7, 11) is 0. The van der Waals surface area contributed by atoms with Crippen molar-refractivity contribution >= 4 is 11.6 Å². The number of aliphatic hydroxyl groups is 1. The summed E-state index contributed by atoms with van der Waals surface area (Å²) in [6.07, 6.45) is 3.44. The van der Waals surface area contributed by atoms with E-state index in [1.165, 1.54) is 19.3 Å². The van der Waals surface area contributed by atoms with Crippen LogP contribution in [0.3, 0.4) is 0 Å². The molecule has 0 aromatic heterocycles. The molecule has 1 heterocycles. The summed E-state index contributed by atoms with van der Waals surface area (Å²) in [5, 5.41) is 11.0. The number of rotatable bonds is 3. The van der Waals surface area contributed by atoms with Gasteiger partial charge in [-0.25, -0.2) is 0 Å². The highest BCUT2D eigenvalue weighted by atomic mass is 35.5. The zero-order chi connectivity index (χ0) is 12.3. The molecule has 0 saturated carbocycles. The van der Waals surface area contributed by atoms with Gasteiger partial charge in [0.05, 0.1) is 6.10 Å². The number of hydrogen-bond donors (Lipinski definition) is 1. The first kappa shape index (κ1) is 12.9. The average molecular weight is 254 g/mol. The molecule has 1 aliphatic rings. The van der Waals surface area contributed by atoms with E-state index in [9.17, 15) is 5.11 Å². The van der Waals surface area contributed by atoms with Crippen LogP contribution < -0.4 is 0 Å². The lowest BCUT2D eigenvalue weighted by molar-refractivity contribution is 0.101. The van der Waals surface area contributed by atoms with Gasteiger partial charge < -0.3 is 10.0 Å². The van der Waals surface area contributed by atoms with Crippen LogP contribution in [0.25, 0.3) is 0 Å². The van der Waals surface area contributed by atoms with Gasteiger partial charge in [0.2, 0.25) is 0 Å². The van der Waals surface area contributed by atoms with Crippen LogP contribution in [-0.2, 0) is 0 Å². The summed E-state index contributed by atoms with van der Waals surface area (Å²) >= 11 is 5.99. The predicted octanol–water partition coefficient (Wildman–Crippen LogP) is 3.17. The second-order valence-corrected chi connectivity index (χ2v) is 5.29. The molecule has 1 aromatic carbocycles. The first-order valence-corrected chi connectivity index (χ1v) is 6.71. The van der Waals surface area contributed by atoms with E-state index < -0.39 is 6.10 Å². The molecule has 0 aliphatic carbocycles. The maximum absolute atomic E-state index is 10.2. The third-order valence-corrected chi connectivity index (χ3v) is 3.87. The van der Waals surface area contributed by atoms with Gasteiger partial charge in [-0.2, -0.15) is 0 Å². The zero-order valence-corrected chi connectivity index (χ0v) is 11.1. The van der Waals surface area contributed by atoms with Gasteiger partial charge in [-0.05, 0) is 50.0 Å². The fourth-order valence-corrected chi connectivity index (χ4v) is 2.48. The maximum atomic E-state index is 10.2. The lowest BCUT2D eigenvalue weighted by atomic mass is 10.0. The molecule has 1 unspecified atom stereocenters. The summed E-state index contributed by atoms with van der Waals surface area (Å²) in [6.45, 7) is 4.94. The summed E-state index contributed by atoms with van der Waals surface area (Å²) in [6, 6.07) is 5.77. The lowest BCUT2D eigenvalue weighted by Crippen LogP contribution is -2.33. The second kappa shape index (κ2) is 5.85. The normalized spacial score (nSPS) is 19.2. The van der Waals surface area contributed by atoms with Crippen LogP contribution in [0.2, 0.25) is 5.02 Å². The Morgan fingerprint density at radius 3 is 2.65 bits per heavy atom. The van der Waals surface area contributed by atoms with Crippen molar-refractivity contribution in [1.82, 2.24) is 4.90 Å². The number of piperidine rings is 1. The first-order chi connectivity index (χ1) is 8.16. The van der Waals surface area contributed by atoms with Gasteiger partial charge in [-0.15, -0.1) is 0 Å². The van der Waals surface area contributed by atoms with Gasteiger partial charge in [-0.3, -0.25) is 0 Å². The monoisotopic (exact) mass is 253 g/mol. The van der Waals surface area contributed by atoms with Gasteiger partial charge in [-0.1, -0.05) is 30.2 Å². The maximum Gasteiger partial charge on any atom is 0.0917 e. The number of halogens is 1. The predicted molar refractivity (Wildman–Crippen MR) is 71.4 cm³/mol. The minimum absolute atomic E-state index is 0.399. The van der Waals surface area contributed by atoms with Crippen molar-refractivity contribution in [3.63, 3.8) is 0 Å². The van der Waals surface area contributed by atoms with Gasteiger partial charge in [0.15, 0.2) is 0 Å². The molecule has 0 bridgehead atoms. The van der Waals surface area contributed by atoms with Crippen molar-refractivity contribution < 1.29 is 5.11 Å². The van der Waals surface area contributed by atoms with Crippen molar-refractivity contribution in [3.05, 3.63) is 34.3 Å². The van der Waals surface area contributed by atoms with Crippen molar-refractivity contribution in [2.45, 2.75) is 32.3 Å². The van der Waals surface area contributed by atoms with Crippen LogP contribution in [0, 0.1) is 6.92 Å². The molecule has 2 nitrogen and oxygen atoms in total. The summed E-state index contributed by atoms with van der Waals surface area (Å²) in [5.41, 5.74) is 2.00. The molecule has 0 radical (unpaired) electrons. The molecule has 1 N–H and O–H groups in total. The molecule has 2 rings (SSSR count). The molecule has 94 valence electrons. The summed E-state index contributed by atoms with van der Waals surface area (Å²) < 4.78 is 0. The van der Waals surface area contributed by atoms with E-state index in [0.29, 0.717) is 0 Å². The number of likely N-dealkylation sites (tertiary alicyclic amines) is 1. The Morgan fingerprint density at radius 1 is 1.29 bits per heavy atom. The fraction of sp³-hybridized carbons (Fsp3) is 0.571. The second-order valence-electron chi connectivity index (χ2n) is 4.89. The third kappa shape index (κ3) is 3.44. The molecule has 0 spiro atoms. The zero-order valence-electron chi connectivity index (χ0n) is 10.3. The summed E-state index contributed by atoms with van der Waals surface area (Å²) in [5.74, 6) is 0. The van der Waals surface area contributed by atoms with E-state index in [0.717, 1.165) is 35.8 Å². The Bertz CT molecular complexity index is 374. The number of aryl methyl sites for hydroxylation is 1. The fourth-order valence-electron chi connectivity index (χ4n) is 2.37. The molecule has 1 aromatic rings. The number of benzene rings is 1. The Morgan fingerprint density at radius 2 is 2.00 bits per heavy atom. The van der Waals surface area contributed by atoms with E-state index in [1.807, 2.05) is 25.1 Å². The highest BCUT2D eigenvalue weighted by Crippen LogP contribution is 2.22. The standard InChI is InChI=1S/C14H20ClNO/c1-11-9-12(5-6-13(11)15)14(17)10-16-7-3-2-4-8-16/h5-6,9,14,17H,2-4,7-8,10H2,1H3. The number of hydrogen-bond acceptors (Lipinski definition) is 2.